The molecular formula is C46H82NO11P. The van der Waals surface area contributed by atoms with Crippen LogP contribution >= 0.6 is 7.82 Å². The highest BCUT2D eigenvalue weighted by Gasteiger charge is 2.21. The number of carbonyl (C=O) groups is 1. The maximum atomic E-state index is 12.7. The Kier molecular flexibility index (Phi) is 36.1. The molecule has 0 aromatic carbocycles. The summed E-state index contributed by atoms with van der Waals surface area (Å²) in [4.78, 5) is 25.1. The number of unbranched alkanes of at least 4 members (excludes halogenated alkanes) is 13. The lowest BCUT2D eigenvalue weighted by molar-refractivity contribution is -0.870. The summed E-state index contributed by atoms with van der Waals surface area (Å²) in [6, 6.07) is 0. The van der Waals surface area contributed by atoms with Gasteiger partial charge in [-0.25, -0.2) is 0 Å². The summed E-state index contributed by atoms with van der Waals surface area (Å²) in [6.07, 6.45) is 34.4. The fraction of sp³-hybridized carbons (Fsp3) is 0.717. The first kappa shape index (κ1) is 56.8. The van der Waals surface area contributed by atoms with E-state index in [2.05, 4.69) is 6.92 Å². The fourth-order valence-electron chi connectivity index (χ4n) is 5.54. The monoisotopic (exact) mass is 856 g/mol. The lowest BCUT2D eigenvalue weighted by Crippen LogP contribution is -2.37. The molecule has 4 N–H and O–H groups in total. The van der Waals surface area contributed by atoms with Gasteiger partial charge in [-0.15, -0.1) is 0 Å². The van der Waals surface area contributed by atoms with E-state index >= 15 is 0 Å². The number of ether oxygens (including phenoxy) is 2. The van der Waals surface area contributed by atoms with E-state index in [1.165, 1.54) is 88.9 Å². The number of phosphoric ester groups is 1. The molecule has 0 saturated carbocycles. The van der Waals surface area contributed by atoms with Crippen molar-refractivity contribution in [3.8, 4) is 0 Å². The summed E-state index contributed by atoms with van der Waals surface area (Å²) in [5.41, 5.74) is 0. The van der Waals surface area contributed by atoms with Crippen molar-refractivity contribution in [2.24, 2.45) is 0 Å². The van der Waals surface area contributed by atoms with E-state index in [-0.39, 0.29) is 26.1 Å². The first-order valence-electron chi connectivity index (χ1n) is 22.0. The Morgan fingerprint density at radius 2 is 1.27 bits per heavy atom. The number of nitrogens with zero attached hydrogens (tertiary/aromatic N) is 1. The van der Waals surface area contributed by atoms with Crippen LogP contribution in [0.2, 0.25) is 0 Å². The number of carbonyl (C=O) groups excluding carboxylic acids is 1. The van der Waals surface area contributed by atoms with Crippen molar-refractivity contribution in [1.82, 2.24) is 0 Å². The number of allylic oxidation sites excluding steroid dienone is 6. The summed E-state index contributed by atoms with van der Waals surface area (Å²) in [5, 5.41) is 39.8. The zero-order valence-electron chi connectivity index (χ0n) is 37.1. The molecule has 6 atom stereocenters. The van der Waals surface area contributed by atoms with Gasteiger partial charge in [-0.3, -0.25) is 9.36 Å². The number of hydrogen-bond donors (Lipinski definition) is 4. The molecule has 0 bridgehead atoms. The van der Waals surface area contributed by atoms with Crippen molar-refractivity contribution in [3.63, 3.8) is 0 Å². The molecule has 0 aliphatic rings. The maximum absolute atomic E-state index is 12.7. The van der Waals surface area contributed by atoms with Gasteiger partial charge in [0.1, 0.15) is 19.3 Å². The molecule has 59 heavy (non-hydrogen) atoms. The average molecular weight is 856 g/mol. The third-order valence-corrected chi connectivity index (χ3v) is 10.0. The van der Waals surface area contributed by atoms with Gasteiger partial charge in [0.15, 0.2) is 0 Å². The van der Waals surface area contributed by atoms with Crippen LogP contribution in [0.15, 0.2) is 72.9 Å². The molecule has 0 saturated heterocycles. The first-order valence-corrected chi connectivity index (χ1v) is 23.5. The molecule has 0 radical (unpaired) electrons. The molecule has 0 aliphatic carbocycles. The van der Waals surface area contributed by atoms with Crippen LogP contribution in [-0.4, -0.2) is 116 Å². The van der Waals surface area contributed by atoms with E-state index in [1.807, 2.05) is 39.4 Å². The highest BCUT2D eigenvalue weighted by Crippen LogP contribution is 2.38. The fourth-order valence-corrected chi connectivity index (χ4v) is 6.27. The number of esters is 1. The van der Waals surface area contributed by atoms with Crippen LogP contribution in [0.4, 0.5) is 0 Å². The van der Waals surface area contributed by atoms with Crippen LogP contribution in [-0.2, 0) is 27.9 Å². The van der Waals surface area contributed by atoms with Gasteiger partial charge < -0.3 is 48.3 Å². The molecule has 0 rings (SSSR count). The number of phosphoric acid groups is 1. The summed E-state index contributed by atoms with van der Waals surface area (Å²) in [6.45, 7) is 4.27. The van der Waals surface area contributed by atoms with Gasteiger partial charge >= 0.3 is 5.97 Å². The van der Waals surface area contributed by atoms with Crippen LogP contribution < -0.4 is 4.89 Å². The summed E-state index contributed by atoms with van der Waals surface area (Å²) < 4.78 is 34.2. The minimum atomic E-state index is -4.64. The van der Waals surface area contributed by atoms with Crippen molar-refractivity contribution in [1.29, 1.82) is 0 Å². The van der Waals surface area contributed by atoms with Gasteiger partial charge in [0.2, 0.25) is 0 Å². The molecule has 0 aromatic rings. The van der Waals surface area contributed by atoms with E-state index in [4.69, 9.17) is 18.5 Å². The van der Waals surface area contributed by atoms with Gasteiger partial charge in [-0.1, -0.05) is 163 Å². The van der Waals surface area contributed by atoms with Crippen molar-refractivity contribution < 1.29 is 57.7 Å². The van der Waals surface area contributed by atoms with Crippen molar-refractivity contribution >= 4 is 13.8 Å². The van der Waals surface area contributed by atoms with E-state index in [0.717, 1.165) is 19.3 Å². The molecule has 0 spiro atoms. The minimum Gasteiger partial charge on any atom is -0.756 e. The Labute approximate surface area is 357 Å². The highest BCUT2D eigenvalue weighted by atomic mass is 31.2. The number of rotatable bonds is 39. The SMILES string of the molecule is CCCCCCCCCCCCCCCCOCC(COP(=O)([O-])OCC[N+](C)(C)C)OC(=O)CCC(O)/C=C/C(O)/C=C/C=C/C=C\C(O)C/C=C/C/C=C\C(C)O. The smallest absolute Gasteiger partial charge is 0.306 e. The molecule has 6 unspecified atom stereocenters. The molecule has 0 aromatic heterocycles. The number of hydrogen-bond acceptors (Lipinski definition) is 11. The van der Waals surface area contributed by atoms with Crippen molar-refractivity contribution in [2.45, 2.75) is 160 Å². The second kappa shape index (κ2) is 37.5. The predicted molar refractivity (Wildman–Crippen MR) is 236 cm³/mol. The minimum absolute atomic E-state index is 0.0221. The first-order chi connectivity index (χ1) is 28.1. The Hall–Kier alpha value is -2.22. The number of quaternary nitrogens is 1. The van der Waals surface area contributed by atoms with Gasteiger partial charge in [0.25, 0.3) is 7.82 Å². The third kappa shape index (κ3) is 42.3. The van der Waals surface area contributed by atoms with E-state index in [0.29, 0.717) is 30.5 Å². The average Bonchev–Trinajstić information content (AvgIpc) is 3.17. The van der Waals surface area contributed by atoms with Gasteiger partial charge in [-0.2, -0.15) is 0 Å². The van der Waals surface area contributed by atoms with Crippen LogP contribution in [0.5, 0.6) is 0 Å². The molecule has 0 aliphatic heterocycles. The van der Waals surface area contributed by atoms with Crippen molar-refractivity contribution in [2.75, 3.05) is 54.1 Å². The Balaban J connectivity index is 4.67. The molecule has 342 valence electrons. The number of likely N-dealkylation sites (N-methyl/N-ethyl adjacent to an activating group) is 1. The largest absolute Gasteiger partial charge is 0.756 e. The Morgan fingerprint density at radius 3 is 1.86 bits per heavy atom. The van der Waals surface area contributed by atoms with Crippen LogP contribution in [0.25, 0.3) is 0 Å². The number of aliphatic hydroxyl groups is 4. The van der Waals surface area contributed by atoms with Crippen LogP contribution in [0, 0.1) is 0 Å². The maximum Gasteiger partial charge on any atom is 0.306 e. The summed E-state index contributed by atoms with van der Waals surface area (Å²) in [5.74, 6) is -0.650. The second-order valence-corrected chi connectivity index (χ2v) is 17.6. The summed E-state index contributed by atoms with van der Waals surface area (Å²) >= 11 is 0. The molecule has 0 heterocycles. The Bertz CT molecular complexity index is 1240. The van der Waals surface area contributed by atoms with E-state index < -0.39 is 50.9 Å². The molecule has 0 amide bonds. The normalized spacial score (nSPS) is 16.6. The lowest BCUT2D eigenvalue weighted by atomic mass is 10.0. The molecule has 0 fully saturated rings. The van der Waals surface area contributed by atoms with E-state index in [1.54, 1.807) is 43.4 Å². The number of aliphatic hydroxyl groups excluding tert-OH is 4. The zero-order valence-corrected chi connectivity index (χ0v) is 38.0. The van der Waals surface area contributed by atoms with Gasteiger partial charge in [0, 0.05) is 13.0 Å². The van der Waals surface area contributed by atoms with Crippen LogP contribution in [0.1, 0.15) is 129 Å². The molecule has 12 nitrogen and oxygen atoms in total. The topological polar surface area (TPSA) is 175 Å². The van der Waals surface area contributed by atoms with E-state index in [9.17, 15) is 34.7 Å². The third-order valence-electron chi connectivity index (χ3n) is 9.05. The van der Waals surface area contributed by atoms with Gasteiger partial charge in [-0.05, 0) is 32.6 Å². The van der Waals surface area contributed by atoms with Crippen molar-refractivity contribution in [3.05, 3.63) is 72.9 Å². The standard InChI is InChI=1S/C46H82NO11P/c1-6-7-8-9-10-11-12-13-14-15-16-17-22-27-37-55-39-45(40-57-59(53,54)56-38-36-47(3,4)5)58-46(52)35-34-44(51)33-32-43(50)31-26-21-20-25-30-42(49)29-24-19-18-23-28-41(2)48/h19-21,23-26,28,30-33,41-45,48-51H,6-18,22,27,29,34-40H2,1-5H3/b21-20+,24-19+,28-23-,30-25-,31-26+,33-32+. The quantitative estimate of drug-likeness (QED) is 0.0118. The molecular weight excluding hydrogens is 773 g/mol. The molecule has 13 heteroatoms. The lowest BCUT2D eigenvalue weighted by Gasteiger charge is -2.28. The second-order valence-electron chi connectivity index (χ2n) is 16.2. The predicted octanol–water partition coefficient (Wildman–Crippen LogP) is 7.97. The highest BCUT2D eigenvalue weighted by molar-refractivity contribution is 7.45. The van der Waals surface area contributed by atoms with Crippen LogP contribution in [0.3, 0.4) is 0 Å². The Morgan fingerprint density at radius 1 is 0.678 bits per heavy atom. The summed E-state index contributed by atoms with van der Waals surface area (Å²) in [7, 11) is 1.09. The van der Waals surface area contributed by atoms with Gasteiger partial charge in [0.05, 0.1) is 58.8 Å². The zero-order chi connectivity index (χ0) is 44.0.